The van der Waals surface area contributed by atoms with Crippen LogP contribution in [0.3, 0.4) is 0 Å². The molecule has 0 saturated carbocycles. The Morgan fingerprint density at radius 2 is 1.89 bits per heavy atom. The number of benzodiazepines with no additional fused rings is 1. The number of nitrogens with two attached hydrogens (primary N) is 1. The number of fused-ring (bicyclic) bond motifs is 1. The van der Waals surface area contributed by atoms with Crippen LogP contribution in [0.15, 0.2) is 76.8 Å². The van der Waals surface area contributed by atoms with Gasteiger partial charge in [0.25, 0.3) is 11.9 Å². The predicted octanol–water partition coefficient (Wildman–Crippen LogP) is 3.04. The number of nitrogens with one attached hydrogen (secondary N) is 2. The Bertz CT molecular complexity index is 1390. The topological polar surface area (TPSA) is 138 Å². The average molecular weight is 518 g/mol. The maximum absolute atomic E-state index is 12.9. The molecule has 0 bridgehead atoms. The summed E-state index contributed by atoms with van der Waals surface area (Å²) in [5.74, 6) is -0.883. The summed E-state index contributed by atoms with van der Waals surface area (Å²) in [5.41, 5.74) is 9.66. The van der Waals surface area contributed by atoms with Gasteiger partial charge in [-0.05, 0) is 12.1 Å². The molecule has 1 amide bonds. The number of ether oxygens (including phenoxy) is 2. The van der Waals surface area contributed by atoms with Crippen molar-refractivity contribution in [2.24, 2.45) is 15.7 Å². The molecule has 2 aromatic carbocycles. The summed E-state index contributed by atoms with van der Waals surface area (Å²) in [5, 5.41) is 11.4. The van der Waals surface area contributed by atoms with Crippen LogP contribution in [0.2, 0.25) is 5.02 Å². The number of aromatic nitrogens is 1. The molecule has 1 aromatic heterocycles. The van der Waals surface area contributed by atoms with E-state index in [1.165, 1.54) is 0 Å². The highest BCUT2D eigenvalue weighted by Crippen LogP contribution is 2.25. The summed E-state index contributed by atoms with van der Waals surface area (Å²) in [6.45, 7) is 2.70. The fraction of sp³-hybridized carbons (Fsp3) is 0.192. The van der Waals surface area contributed by atoms with Crippen molar-refractivity contribution < 1.29 is 14.3 Å². The molecule has 2 aliphatic heterocycles. The first kappa shape index (κ1) is 24.4. The van der Waals surface area contributed by atoms with Crippen LogP contribution in [-0.2, 0) is 14.3 Å². The van der Waals surface area contributed by atoms with Gasteiger partial charge in [-0.1, -0.05) is 60.1 Å². The maximum Gasteiger partial charge on any atom is 0.291 e. The van der Waals surface area contributed by atoms with Crippen molar-refractivity contribution in [3.8, 4) is 0 Å². The zero-order valence-corrected chi connectivity index (χ0v) is 20.5. The highest BCUT2D eigenvalue weighted by Gasteiger charge is 2.26. The number of aliphatic imine (C=N–C) groups is 2. The van der Waals surface area contributed by atoms with Crippen LogP contribution in [-0.4, -0.2) is 61.0 Å². The monoisotopic (exact) mass is 517 g/mol. The number of rotatable bonds is 4. The third kappa shape index (κ3) is 5.45. The van der Waals surface area contributed by atoms with Crippen molar-refractivity contribution in [3.63, 3.8) is 0 Å². The second-order valence-corrected chi connectivity index (χ2v) is 8.68. The molecule has 1 saturated heterocycles. The van der Waals surface area contributed by atoms with E-state index in [2.05, 4.69) is 25.2 Å². The number of pyridine rings is 1. The van der Waals surface area contributed by atoms with Gasteiger partial charge in [-0.15, -0.1) is 0 Å². The van der Waals surface area contributed by atoms with Crippen LogP contribution in [0.1, 0.15) is 16.8 Å². The number of hydrogen-bond donors (Lipinski definition) is 3. The first-order valence-electron chi connectivity index (χ1n) is 11.6. The molecule has 4 N–H and O–H groups in total. The Hall–Kier alpha value is -4.28. The standard InChI is InChI=1S/C26H24ClN7O3/c27-19-14-17(34-10-12-36-13-11-34)15-30-22(19)23(28)37-26(29)33-24-25(35)31-20-9-5-4-8-18(20)21(32-24)16-6-2-1-3-7-16/h1-9,14-15,24,28H,10-13H2,(H2,29,33)(H,31,35). The van der Waals surface area contributed by atoms with Crippen molar-refractivity contribution in [1.29, 1.82) is 5.41 Å². The SMILES string of the molecule is N=C(O/C(N)=N/C1N=C(c2ccccc2)c2ccccc2NC1=O)c1ncc(N2CCOCC2)cc1Cl. The normalized spacial score (nSPS) is 17.8. The second-order valence-electron chi connectivity index (χ2n) is 8.27. The molecule has 1 unspecified atom stereocenters. The van der Waals surface area contributed by atoms with E-state index in [-0.39, 0.29) is 10.7 Å². The lowest BCUT2D eigenvalue weighted by Gasteiger charge is -2.28. The summed E-state index contributed by atoms with van der Waals surface area (Å²) in [4.78, 5) is 28.1. The number of anilines is 2. The summed E-state index contributed by atoms with van der Waals surface area (Å²) >= 11 is 6.39. The van der Waals surface area contributed by atoms with Gasteiger partial charge in [0.2, 0.25) is 12.1 Å². The Labute approximate surface area is 218 Å². The van der Waals surface area contributed by atoms with Crippen LogP contribution < -0.4 is 16.0 Å². The number of amidine groups is 1. The molecule has 2 aliphatic rings. The molecule has 3 heterocycles. The number of carbonyl (C=O) groups is 1. The molecule has 1 fully saturated rings. The Morgan fingerprint density at radius 1 is 1.16 bits per heavy atom. The molecule has 10 nitrogen and oxygen atoms in total. The summed E-state index contributed by atoms with van der Waals surface area (Å²) < 4.78 is 10.8. The van der Waals surface area contributed by atoms with E-state index in [0.29, 0.717) is 24.6 Å². The second kappa shape index (κ2) is 10.8. The lowest BCUT2D eigenvalue weighted by Crippen LogP contribution is -2.36. The van der Waals surface area contributed by atoms with E-state index < -0.39 is 24.0 Å². The molecule has 5 rings (SSSR count). The zero-order chi connectivity index (χ0) is 25.8. The van der Waals surface area contributed by atoms with Gasteiger partial charge in [-0.3, -0.25) is 10.2 Å². The van der Waals surface area contributed by atoms with Crippen molar-refractivity contribution in [1.82, 2.24) is 4.98 Å². The number of benzene rings is 2. The number of carbonyl (C=O) groups excluding carboxylic acids is 1. The quantitative estimate of drug-likeness (QED) is 0.359. The van der Waals surface area contributed by atoms with Crippen LogP contribution in [0, 0.1) is 5.41 Å². The minimum Gasteiger partial charge on any atom is -0.405 e. The molecule has 37 heavy (non-hydrogen) atoms. The van der Waals surface area contributed by atoms with Gasteiger partial charge < -0.3 is 25.4 Å². The van der Waals surface area contributed by atoms with Gasteiger partial charge >= 0.3 is 0 Å². The third-order valence-corrected chi connectivity index (χ3v) is 6.14. The summed E-state index contributed by atoms with van der Waals surface area (Å²) in [6.07, 6.45) is 0.381. The number of hydrogen-bond acceptors (Lipinski definition) is 8. The minimum atomic E-state index is -1.23. The number of halogens is 1. The molecule has 11 heteroatoms. The summed E-state index contributed by atoms with van der Waals surface area (Å²) in [7, 11) is 0. The number of morpholine rings is 1. The van der Waals surface area contributed by atoms with Gasteiger partial charge in [0.1, 0.15) is 5.69 Å². The predicted molar refractivity (Wildman–Crippen MR) is 143 cm³/mol. The van der Waals surface area contributed by atoms with Crippen LogP contribution in [0.5, 0.6) is 0 Å². The van der Waals surface area contributed by atoms with Crippen molar-refractivity contribution in [3.05, 3.63) is 88.7 Å². The van der Waals surface area contributed by atoms with Gasteiger partial charge in [-0.25, -0.2) is 9.98 Å². The van der Waals surface area contributed by atoms with Crippen LogP contribution >= 0.6 is 11.6 Å². The minimum absolute atomic E-state index is 0.100. The fourth-order valence-corrected chi connectivity index (χ4v) is 4.30. The third-order valence-electron chi connectivity index (χ3n) is 5.85. The zero-order valence-electron chi connectivity index (χ0n) is 19.7. The van der Waals surface area contributed by atoms with E-state index in [4.69, 9.17) is 32.2 Å². The van der Waals surface area contributed by atoms with Crippen LogP contribution in [0.25, 0.3) is 0 Å². The maximum atomic E-state index is 12.9. The van der Waals surface area contributed by atoms with Gasteiger partial charge in [0.15, 0.2) is 0 Å². The fourth-order valence-electron chi connectivity index (χ4n) is 4.05. The molecule has 0 aliphatic carbocycles. The van der Waals surface area contributed by atoms with Gasteiger partial charge in [0.05, 0.1) is 41.5 Å². The lowest BCUT2D eigenvalue weighted by molar-refractivity contribution is -0.117. The number of amides is 1. The van der Waals surface area contributed by atoms with Crippen molar-refractivity contribution in [2.75, 3.05) is 36.5 Å². The summed E-state index contributed by atoms with van der Waals surface area (Å²) in [6, 6.07) is 18.1. The first-order chi connectivity index (χ1) is 18.0. The average Bonchev–Trinajstić information content (AvgIpc) is 3.05. The van der Waals surface area contributed by atoms with Gasteiger partial charge in [0, 0.05) is 24.2 Å². The Kier molecular flexibility index (Phi) is 7.11. The van der Waals surface area contributed by atoms with Gasteiger partial charge in [-0.2, -0.15) is 4.99 Å². The lowest BCUT2D eigenvalue weighted by atomic mass is 10.0. The molecule has 3 aromatic rings. The highest BCUT2D eigenvalue weighted by molar-refractivity contribution is 6.33. The van der Waals surface area contributed by atoms with Crippen molar-refractivity contribution >= 4 is 46.5 Å². The molecule has 1 atom stereocenters. The van der Waals surface area contributed by atoms with E-state index >= 15 is 0 Å². The largest absolute Gasteiger partial charge is 0.405 e. The molecule has 0 spiro atoms. The van der Waals surface area contributed by atoms with Crippen molar-refractivity contribution in [2.45, 2.75) is 6.17 Å². The van der Waals surface area contributed by atoms with E-state index in [1.54, 1.807) is 18.3 Å². The smallest absolute Gasteiger partial charge is 0.291 e. The van der Waals surface area contributed by atoms with E-state index in [1.807, 2.05) is 48.5 Å². The molecular formula is C26H24ClN7O3. The highest BCUT2D eigenvalue weighted by atomic mass is 35.5. The van der Waals surface area contributed by atoms with Crippen LogP contribution in [0.4, 0.5) is 11.4 Å². The Balaban J connectivity index is 1.38. The molecule has 0 radical (unpaired) electrons. The first-order valence-corrected chi connectivity index (χ1v) is 12.0. The molecule has 188 valence electrons. The number of para-hydroxylation sites is 1. The van der Waals surface area contributed by atoms with E-state index in [0.717, 1.165) is 29.9 Å². The molecular weight excluding hydrogens is 494 g/mol. The number of nitrogens with zero attached hydrogens (tertiary/aromatic N) is 4. The van der Waals surface area contributed by atoms with E-state index in [9.17, 15) is 4.79 Å². The Morgan fingerprint density at radius 3 is 2.65 bits per heavy atom.